The van der Waals surface area contributed by atoms with Crippen molar-refractivity contribution in [1.82, 2.24) is 10.7 Å². The van der Waals surface area contributed by atoms with Crippen molar-refractivity contribution < 1.29 is 19.5 Å². The second-order valence-electron chi connectivity index (χ2n) is 4.01. The molecule has 94 valence electrons. The molecule has 0 saturated heterocycles. The van der Waals surface area contributed by atoms with E-state index in [-0.39, 0.29) is 42.8 Å². The van der Waals surface area contributed by atoms with Gasteiger partial charge in [0.05, 0.1) is 0 Å². The van der Waals surface area contributed by atoms with E-state index in [4.69, 9.17) is 5.11 Å². The SMILES string of the molecule is CC(CNC(=O)C1=NNC(=O)CC1)CC(=O)O. The quantitative estimate of drug-likeness (QED) is 0.601. The van der Waals surface area contributed by atoms with Crippen LogP contribution in [-0.2, 0) is 14.4 Å². The highest BCUT2D eigenvalue weighted by Crippen LogP contribution is 2.02. The Morgan fingerprint density at radius 1 is 1.53 bits per heavy atom. The predicted octanol–water partition coefficient (Wildman–Crippen LogP) is -0.521. The van der Waals surface area contributed by atoms with Gasteiger partial charge in [0.25, 0.3) is 5.91 Å². The zero-order valence-electron chi connectivity index (χ0n) is 9.52. The van der Waals surface area contributed by atoms with Crippen LogP contribution in [0.1, 0.15) is 26.2 Å². The van der Waals surface area contributed by atoms with Gasteiger partial charge >= 0.3 is 5.97 Å². The van der Waals surface area contributed by atoms with Crippen molar-refractivity contribution in [3.8, 4) is 0 Å². The second kappa shape index (κ2) is 5.97. The lowest BCUT2D eigenvalue weighted by Crippen LogP contribution is -2.38. The van der Waals surface area contributed by atoms with Crippen molar-refractivity contribution >= 4 is 23.5 Å². The number of hydrazone groups is 1. The van der Waals surface area contributed by atoms with Gasteiger partial charge in [0.1, 0.15) is 5.71 Å². The molecule has 0 aromatic carbocycles. The molecule has 1 atom stereocenters. The van der Waals surface area contributed by atoms with Gasteiger partial charge in [0.2, 0.25) is 5.91 Å². The second-order valence-corrected chi connectivity index (χ2v) is 4.01. The molecule has 7 heteroatoms. The van der Waals surface area contributed by atoms with Gasteiger partial charge in [-0.2, -0.15) is 5.10 Å². The molecule has 0 radical (unpaired) electrons. The Bertz CT molecular complexity index is 365. The Balaban J connectivity index is 2.34. The fraction of sp³-hybridized carbons (Fsp3) is 0.600. The molecule has 0 bridgehead atoms. The Kier molecular flexibility index (Phi) is 4.62. The van der Waals surface area contributed by atoms with Crippen molar-refractivity contribution in [3.05, 3.63) is 0 Å². The summed E-state index contributed by atoms with van der Waals surface area (Å²) in [6.45, 7) is 2.01. The summed E-state index contributed by atoms with van der Waals surface area (Å²) in [5, 5.41) is 14.8. The molecule has 1 unspecified atom stereocenters. The molecule has 1 rings (SSSR count). The lowest BCUT2D eigenvalue weighted by molar-refractivity contribution is -0.138. The molecule has 1 heterocycles. The van der Waals surface area contributed by atoms with E-state index < -0.39 is 5.97 Å². The average molecular weight is 241 g/mol. The van der Waals surface area contributed by atoms with Gasteiger partial charge in [0.15, 0.2) is 0 Å². The van der Waals surface area contributed by atoms with Crippen LogP contribution in [0, 0.1) is 5.92 Å². The van der Waals surface area contributed by atoms with E-state index in [0.717, 1.165) is 0 Å². The summed E-state index contributed by atoms with van der Waals surface area (Å²) in [4.78, 5) is 32.8. The molecular formula is C10H15N3O4. The highest BCUT2D eigenvalue weighted by atomic mass is 16.4. The third kappa shape index (κ3) is 4.62. The first kappa shape index (κ1) is 13.1. The molecule has 3 N–H and O–H groups in total. The van der Waals surface area contributed by atoms with E-state index in [9.17, 15) is 14.4 Å². The van der Waals surface area contributed by atoms with Crippen molar-refractivity contribution in [2.45, 2.75) is 26.2 Å². The summed E-state index contributed by atoms with van der Waals surface area (Å²) in [5.41, 5.74) is 2.50. The zero-order chi connectivity index (χ0) is 12.8. The number of aliphatic carboxylic acids is 1. The standard InChI is InChI=1S/C10H15N3O4/c1-6(4-9(15)16)5-11-10(17)7-2-3-8(14)13-12-7/h6H,2-5H2,1H3,(H,11,17)(H,13,14)(H,15,16). The van der Waals surface area contributed by atoms with Gasteiger partial charge in [-0.1, -0.05) is 6.92 Å². The number of rotatable bonds is 5. The Morgan fingerprint density at radius 3 is 2.76 bits per heavy atom. The Labute approximate surface area is 98.3 Å². The number of carbonyl (C=O) groups is 3. The first-order valence-electron chi connectivity index (χ1n) is 5.34. The van der Waals surface area contributed by atoms with Crippen LogP contribution in [0.3, 0.4) is 0 Å². The first-order chi connectivity index (χ1) is 7.99. The molecular weight excluding hydrogens is 226 g/mol. The van der Waals surface area contributed by atoms with Crippen LogP contribution in [-0.4, -0.2) is 35.1 Å². The molecule has 0 aliphatic carbocycles. The maximum Gasteiger partial charge on any atom is 0.303 e. The topological polar surface area (TPSA) is 108 Å². The molecule has 0 saturated carbocycles. The normalized spacial score (nSPS) is 16.8. The Hall–Kier alpha value is -1.92. The number of carboxylic acid groups (broad SMARTS) is 1. The van der Waals surface area contributed by atoms with Crippen LogP contribution in [0.25, 0.3) is 0 Å². The molecule has 2 amide bonds. The predicted molar refractivity (Wildman–Crippen MR) is 59.2 cm³/mol. The van der Waals surface area contributed by atoms with Crippen LogP contribution in [0.5, 0.6) is 0 Å². The minimum absolute atomic E-state index is 0.00346. The maximum absolute atomic E-state index is 11.6. The van der Waals surface area contributed by atoms with Crippen molar-refractivity contribution in [3.63, 3.8) is 0 Å². The monoisotopic (exact) mass is 241 g/mol. The number of amides is 2. The summed E-state index contributed by atoms with van der Waals surface area (Å²) in [5.74, 6) is -1.60. The average Bonchev–Trinajstić information content (AvgIpc) is 2.26. The molecule has 0 aromatic rings. The van der Waals surface area contributed by atoms with Gasteiger partial charge < -0.3 is 10.4 Å². The lowest BCUT2D eigenvalue weighted by atomic mass is 10.1. The van der Waals surface area contributed by atoms with E-state index in [1.165, 1.54) is 0 Å². The number of nitrogens with one attached hydrogen (secondary N) is 2. The molecule has 17 heavy (non-hydrogen) atoms. The zero-order valence-corrected chi connectivity index (χ0v) is 9.52. The minimum atomic E-state index is -0.894. The summed E-state index contributed by atoms with van der Waals surface area (Å²) in [6.07, 6.45) is 0.561. The highest BCUT2D eigenvalue weighted by molar-refractivity contribution is 6.39. The van der Waals surface area contributed by atoms with Gasteiger partial charge in [0, 0.05) is 25.8 Å². The molecule has 7 nitrogen and oxygen atoms in total. The third-order valence-corrected chi connectivity index (χ3v) is 2.30. The van der Waals surface area contributed by atoms with Gasteiger partial charge in [-0.25, -0.2) is 5.43 Å². The number of nitrogens with zero attached hydrogens (tertiary/aromatic N) is 1. The first-order valence-corrected chi connectivity index (χ1v) is 5.34. The van der Waals surface area contributed by atoms with Crippen molar-refractivity contribution in [2.24, 2.45) is 11.0 Å². The minimum Gasteiger partial charge on any atom is -0.481 e. The Morgan fingerprint density at radius 2 is 2.24 bits per heavy atom. The van der Waals surface area contributed by atoms with E-state index in [2.05, 4.69) is 15.8 Å². The van der Waals surface area contributed by atoms with Crippen molar-refractivity contribution in [2.75, 3.05) is 6.54 Å². The van der Waals surface area contributed by atoms with E-state index in [0.29, 0.717) is 6.42 Å². The van der Waals surface area contributed by atoms with Crippen LogP contribution >= 0.6 is 0 Å². The fourth-order valence-electron chi connectivity index (χ4n) is 1.38. The number of carboxylic acids is 1. The summed E-state index contributed by atoms with van der Waals surface area (Å²) in [6, 6.07) is 0. The number of hydrogen-bond donors (Lipinski definition) is 3. The molecule has 0 aromatic heterocycles. The number of hydrogen-bond acceptors (Lipinski definition) is 4. The van der Waals surface area contributed by atoms with Crippen LogP contribution in [0.4, 0.5) is 0 Å². The van der Waals surface area contributed by atoms with Gasteiger partial charge in [-0.3, -0.25) is 14.4 Å². The van der Waals surface area contributed by atoms with Crippen LogP contribution in [0.15, 0.2) is 5.10 Å². The molecule has 1 aliphatic rings. The van der Waals surface area contributed by atoms with Crippen molar-refractivity contribution in [1.29, 1.82) is 0 Å². The fourth-order valence-corrected chi connectivity index (χ4v) is 1.38. The highest BCUT2D eigenvalue weighted by Gasteiger charge is 2.18. The molecule has 0 fully saturated rings. The van der Waals surface area contributed by atoms with E-state index in [1.54, 1.807) is 6.92 Å². The summed E-state index contributed by atoms with van der Waals surface area (Å²) in [7, 11) is 0. The smallest absolute Gasteiger partial charge is 0.303 e. The molecule has 1 aliphatic heterocycles. The van der Waals surface area contributed by atoms with Gasteiger partial charge in [-0.05, 0) is 5.92 Å². The third-order valence-electron chi connectivity index (χ3n) is 2.30. The van der Waals surface area contributed by atoms with Crippen LogP contribution in [0.2, 0.25) is 0 Å². The van der Waals surface area contributed by atoms with E-state index in [1.807, 2.05) is 0 Å². The maximum atomic E-state index is 11.6. The number of carbonyl (C=O) groups excluding carboxylic acids is 2. The van der Waals surface area contributed by atoms with Crippen LogP contribution < -0.4 is 10.7 Å². The van der Waals surface area contributed by atoms with E-state index >= 15 is 0 Å². The van der Waals surface area contributed by atoms with Gasteiger partial charge in [-0.15, -0.1) is 0 Å². The molecule has 0 spiro atoms. The largest absolute Gasteiger partial charge is 0.481 e. The summed E-state index contributed by atoms with van der Waals surface area (Å²) < 4.78 is 0. The lowest BCUT2D eigenvalue weighted by Gasteiger charge is -2.13. The summed E-state index contributed by atoms with van der Waals surface area (Å²) >= 11 is 0.